The van der Waals surface area contributed by atoms with Gasteiger partial charge in [-0.05, 0) is 61.8 Å². The Kier molecular flexibility index (Phi) is 6.12. The lowest BCUT2D eigenvalue weighted by Gasteiger charge is -2.51. The van der Waals surface area contributed by atoms with Crippen molar-refractivity contribution in [1.29, 1.82) is 0 Å². The van der Waals surface area contributed by atoms with Gasteiger partial charge in [0, 0.05) is 11.5 Å². The Bertz CT molecular complexity index is 626. The second-order valence-corrected chi connectivity index (χ2v) is 10.6. The zero-order valence-electron chi connectivity index (χ0n) is 15.9. The maximum atomic E-state index is 12.6. The van der Waals surface area contributed by atoms with Gasteiger partial charge in [0.05, 0.1) is 17.1 Å². The fourth-order valence-corrected chi connectivity index (χ4v) is 8.83. The molecule has 0 radical (unpaired) electrons. The largest absolute Gasteiger partial charge is 0.497 e. The Morgan fingerprint density at radius 3 is 2.30 bits per heavy atom. The van der Waals surface area contributed by atoms with Crippen LogP contribution in [-0.4, -0.2) is 41.9 Å². The van der Waals surface area contributed by atoms with Crippen LogP contribution < -0.4 is 9.47 Å². The van der Waals surface area contributed by atoms with E-state index >= 15 is 0 Å². The molecule has 1 spiro atoms. The van der Waals surface area contributed by atoms with Gasteiger partial charge in [0.2, 0.25) is 0 Å². The molecule has 1 heterocycles. The van der Waals surface area contributed by atoms with E-state index in [2.05, 4.69) is 23.5 Å². The van der Waals surface area contributed by atoms with Gasteiger partial charge in [-0.25, -0.2) is 0 Å². The van der Waals surface area contributed by atoms with E-state index in [9.17, 15) is 4.79 Å². The molecule has 0 aromatic heterocycles. The van der Waals surface area contributed by atoms with Gasteiger partial charge in [-0.3, -0.25) is 4.79 Å². The fraction of sp³-hybridized carbons (Fsp3) is 0.667. The molecule has 6 heteroatoms. The van der Waals surface area contributed by atoms with Gasteiger partial charge in [0.15, 0.2) is 0 Å². The molecule has 1 aliphatic heterocycles. The van der Waals surface area contributed by atoms with Crippen LogP contribution in [-0.2, 0) is 9.53 Å². The summed E-state index contributed by atoms with van der Waals surface area (Å²) >= 11 is 4.35. The van der Waals surface area contributed by atoms with Crippen LogP contribution in [0.3, 0.4) is 0 Å². The molecule has 2 atom stereocenters. The van der Waals surface area contributed by atoms with Crippen LogP contribution in [0.1, 0.15) is 32.1 Å². The summed E-state index contributed by atoms with van der Waals surface area (Å²) in [5, 5.41) is 0. The second kappa shape index (κ2) is 8.56. The highest BCUT2D eigenvalue weighted by molar-refractivity contribution is 8.21. The summed E-state index contributed by atoms with van der Waals surface area (Å²) in [5.74, 6) is 5.52. The van der Waals surface area contributed by atoms with Gasteiger partial charge < -0.3 is 14.2 Å². The van der Waals surface area contributed by atoms with Crippen LogP contribution in [0.4, 0.5) is 0 Å². The molecule has 1 aromatic rings. The maximum Gasteiger partial charge on any atom is 0.309 e. The molecule has 1 aromatic carbocycles. The minimum absolute atomic E-state index is 0.0203. The smallest absolute Gasteiger partial charge is 0.309 e. The summed E-state index contributed by atoms with van der Waals surface area (Å²) in [6.45, 7) is 0.693. The average molecular weight is 409 g/mol. The lowest BCUT2D eigenvalue weighted by molar-refractivity contribution is -0.152. The first-order valence-corrected chi connectivity index (χ1v) is 11.9. The highest BCUT2D eigenvalue weighted by atomic mass is 32.2. The van der Waals surface area contributed by atoms with E-state index < -0.39 is 0 Å². The third-order valence-electron chi connectivity index (χ3n) is 6.11. The van der Waals surface area contributed by atoms with Crippen molar-refractivity contribution >= 4 is 29.5 Å². The molecule has 3 fully saturated rings. The Morgan fingerprint density at radius 2 is 1.67 bits per heavy atom. The summed E-state index contributed by atoms with van der Waals surface area (Å²) in [6.07, 6.45) is 5.90. The van der Waals surface area contributed by atoms with Crippen molar-refractivity contribution in [2.45, 2.75) is 36.2 Å². The van der Waals surface area contributed by atoms with Crippen molar-refractivity contribution in [3.05, 3.63) is 24.3 Å². The summed E-state index contributed by atoms with van der Waals surface area (Å²) in [6, 6.07) is 7.44. The van der Waals surface area contributed by atoms with Crippen LogP contribution in [0.2, 0.25) is 0 Å². The predicted molar refractivity (Wildman–Crippen MR) is 111 cm³/mol. The fourth-order valence-electron chi connectivity index (χ4n) is 4.89. The van der Waals surface area contributed by atoms with Crippen molar-refractivity contribution in [1.82, 2.24) is 0 Å². The van der Waals surface area contributed by atoms with E-state index in [1.54, 1.807) is 7.11 Å². The molecule has 0 N–H and O–H groups in total. The van der Waals surface area contributed by atoms with Crippen molar-refractivity contribution in [3.63, 3.8) is 0 Å². The van der Waals surface area contributed by atoms with E-state index in [1.165, 1.54) is 30.8 Å². The Hall–Kier alpha value is -1.01. The molecule has 1 saturated heterocycles. The number of hydrogen-bond donors (Lipinski definition) is 0. The number of methoxy groups -OCH3 is 1. The van der Waals surface area contributed by atoms with Crippen LogP contribution in [0.5, 0.6) is 11.5 Å². The summed E-state index contributed by atoms with van der Waals surface area (Å²) in [4.78, 5) is 12.6. The predicted octanol–water partition coefficient (Wildman–Crippen LogP) is 4.62. The quantitative estimate of drug-likeness (QED) is 0.506. The second-order valence-electron chi connectivity index (χ2n) is 7.60. The first kappa shape index (κ1) is 19.3. The van der Waals surface area contributed by atoms with Crippen molar-refractivity contribution in [2.24, 2.45) is 17.8 Å². The van der Waals surface area contributed by atoms with Crippen LogP contribution >= 0.6 is 23.5 Å². The van der Waals surface area contributed by atoms with Gasteiger partial charge in [-0.2, -0.15) is 0 Å². The number of rotatable bonds is 6. The number of carbonyl (C=O) groups is 1. The molecule has 2 bridgehead atoms. The maximum absolute atomic E-state index is 12.6. The number of carbonyl (C=O) groups excluding carboxylic acids is 1. The van der Waals surface area contributed by atoms with E-state index in [4.69, 9.17) is 14.2 Å². The average Bonchev–Trinajstić information content (AvgIpc) is 3.15. The van der Waals surface area contributed by atoms with Gasteiger partial charge in [0.25, 0.3) is 0 Å². The van der Waals surface area contributed by atoms with Gasteiger partial charge >= 0.3 is 5.97 Å². The molecule has 4 nitrogen and oxygen atoms in total. The number of ether oxygens (including phenoxy) is 3. The van der Waals surface area contributed by atoms with Gasteiger partial charge in [-0.1, -0.05) is 6.42 Å². The summed E-state index contributed by atoms with van der Waals surface area (Å²) < 4.78 is 16.8. The highest BCUT2D eigenvalue weighted by Gasteiger charge is 2.55. The van der Waals surface area contributed by atoms with Crippen LogP contribution in [0, 0.1) is 17.8 Å². The van der Waals surface area contributed by atoms with Gasteiger partial charge in [-0.15, -0.1) is 23.5 Å². The molecule has 2 saturated carbocycles. The molecule has 2 aliphatic carbocycles. The van der Waals surface area contributed by atoms with Crippen LogP contribution in [0.25, 0.3) is 0 Å². The molecule has 3 aliphatic rings. The monoisotopic (exact) mass is 408 g/mol. The molecule has 0 amide bonds. The SMILES string of the molecule is COc1ccc(OCCOC(=O)C2CC3CCCC(C2)C32SCCS2)cc1. The van der Waals surface area contributed by atoms with Crippen molar-refractivity contribution in [3.8, 4) is 11.5 Å². The minimum Gasteiger partial charge on any atom is -0.497 e. The van der Waals surface area contributed by atoms with Crippen molar-refractivity contribution in [2.75, 3.05) is 31.8 Å². The third-order valence-corrected chi connectivity index (χ3v) is 10.1. The highest BCUT2D eigenvalue weighted by Crippen LogP contribution is 2.64. The Morgan fingerprint density at radius 1 is 1.04 bits per heavy atom. The molecule has 148 valence electrons. The van der Waals surface area contributed by atoms with Gasteiger partial charge in [0.1, 0.15) is 24.7 Å². The standard InChI is InChI=1S/C21H28O4S2/c1-23-18-5-7-19(8-6-18)24-9-10-25-20(22)15-13-16-3-2-4-17(14-15)21(16)26-11-12-27-21/h5-8,15-17H,2-4,9-14H2,1H3. The van der Waals surface area contributed by atoms with E-state index in [1.807, 2.05) is 24.3 Å². The number of thioether (sulfide) groups is 2. The van der Waals surface area contributed by atoms with Crippen molar-refractivity contribution < 1.29 is 19.0 Å². The molecule has 27 heavy (non-hydrogen) atoms. The molecular weight excluding hydrogens is 380 g/mol. The summed E-state index contributed by atoms with van der Waals surface area (Å²) in [5.41, 5.74) is 0. The normalized spacial score (nSPS) is 28.7. The van der Waals surface area contributed by atoms with E-state index in [0.717, 1.165) is 24.3 Å². The molecular formula is C21H28O4S2. The number of hydrogen-bond acceptors (Lipinski definition) is 6. The lowest BCUT2D eigenvalue weighted by Crippen LogP contribution is -2.48. The lowest BCUT2D eigenvalue weighted by atomic mass is 9.67. The third kappa shape index (κ3) is 4.07. The van der Waals surface area contributed by atoms with Crippen LogP contribution in [0.15, 0.2) is 24.3 Å². The number of benzene rings is 1. The minimum atomic E-state index is -0.0203. The topological polar surface area (TPSA) is 44.8 Å². The zero-order chi connectivity index (χ0) is 18.7. The first-order chi connectivity index (χ1) is 13.2. The first-order valence-electron chi connectivity index (χ1n) is 9.92. The van der Waals surface area contributed by atoms with E-state index in [-0.39, 0.29) is 11.9 Å². The Labute approximate surface area is 170 Å². The van der Waals surface area contributed by atoms with E-state index in [0.29, 0.717) is 29.1 Å². The molecule has 2 unspecified atom stereocenters. The zero-order valence-corrected chi connectivity index (χ0v) is 17.5. The number of esters is 1. The molecule has 4 rings (SSSR count). The Balaban J connectivity index is 1.24. The summed E-state index contributed by atoms with van der Waals surface area (Å²) in [7, 11) is 1.64.